The van der Waals surface area contributed by atoms with Gasteiger partial charge in [0.05, 0.1) is 23.0 Å². The molecule has 1 aromatic rings. The lowest BCUT2D eigenvalue weighted by atomic mass is 9.75. The van der Waals surface area contributed by atoms with Crippen LogP contribution in [-0.4, -0.2) is 69.5 Å². The minimum absolute atomic E-state index is 0.134. The van der Waals surface area contributed by atoms with Crippen LogP contribution in [0.25, 0.3) is 0 Å². The molecule has 0 spiro atoms. The number of nitrogens with zero attached hydrogens (tertiary/aromatic N) is 1. The second kappa shape index (κ2) is 14.2. The largest absolute Gasteiger partial charge is 0.475 e. The van der Waals surface area contributed by atoms with E-state index in [1.165, 1.54) is 6.42 Å². The number of nitrogens with one attached hydrogen (secondary N) is 2. The number of amides is 2. The molecule has 6 N–H and O–H groups in total. The zero-order valence-corrected chi connectivity index (χ0v) is 23.0. The molecule has 1 aromatic carbocycles. The number of rotatable bonds is 11. The third kappa shape index (κ3) is 8.50. The van der Waals surface area contributed by atoms with E-state index >= 15 is 0 Å². The first-order chi connectivity index (χ1) is 17.7. The van der Waals surface area contributed by atoms with Gasteiger partial charge in [-0.05, 0) is 55.9 Å². The monoisotopic (exact) mass is 530 g/mol. The molecule has 10 heteroatoms. The van der Waals surface area contributed by atoms with Crippen LogP contribution in [-0.2, 0) is 16.0 Å². The molecule has 1 aliphatic carbocycles. The summed E-state index contributed by atoms with van der Waals surface area (Å²) in [5, 5.41) is 25.9. The first-order valence-electron chi connectivity index (χ1n) is 13.7. The molecule has 0 unspecified atom stereocenters. The van der Waals surface area contributed by atoms with Crippen molar-refractivity contribution in [1.82, 2.24) is 15.5 Å². The Morgan fingerprint density at radius 2 is 1.76 bits per heavy atom. The van der Waals surface area contributed by atoms with Crippen molar-refractivity contribution in [3.8, 4) is 0 Å². The molecule has 1 heterocycles. The second-order valence-corrected chi connectivity index (χ2v) is 11.5. The standard InChI is InChI=1S/C27H43BN4O4S/c1-18(2)16-23(28(35)36)31-26(37)21(17-19-10-5-3-6-11-19)30-25(33)22-14-9-15-32(22)27(34)24(29)20-12-7-4-8-13-20/h3,5-6,10-11,18,20-24,35-36H,4,7-9,12-17,29H2,1-2H3,(H,30,33)(H,31,37)/t21-,22-,23-,24-/m0/s1. The first kappa shape index (κ1) is 29.5. The SMILES string of the molecule is CC(C)C[C@H](NC(=S)[C@H](Cc1ccccc1)NC(=O)[C@@H]1CCCN1C(=O)[C@@H](N)C1CCCCC1)B(O)O. The van der Waals surface area contributed by atoms with E-state index in [-0.39, 0.29) is 23.7 Å². The number of benzene rings is 1. The molecule has 1 aliphatic heterocycles. The van der Waals surface area contributed by atoms with Crippen LogP contribution in [0.3, 0.4) is 0 Å². The summed E-state index contributed by atoms with van der Waals surface area (Å²) in [5.74, 6) is -0.644. The predicted octanol–water partition coefficient (Wildman–Crippen LogP) is 1.96. The van der Waals surface area contributed by atoms with Crippen molar-refractivity contribution in [2.45, 2.75) is 95.7 Å². The molecule has 2 amide bonds. The van der Waals surface area contributed by atoms with Gasteiger partial charge >= 0.3 is 7.12 Å². The van der Waals surface area contributed by atoms with Crippen LogP contribution in [0.4, 0.5) is 0 Å². The molecule has 0 aromatic heterocycles. The van der Waals surface area contributed by atoms with Crippen molar-refractivity contribution in [1.29, 1.82) is 0 Å². The highest BCUT2D eigenvalue weighted by atomic mass is 32.1. The Balaban J connectivity index is 1.72. The maximum Gasteiger partial charge on any atom is 0.475 e. The smallest absolute Gasteiger partial charge is 0.426 e. The summed E-state index contributed by atoms with van der Waals surface area (Å²) < 4.78 is 0. The Labute approximate surface area is 226 Å². The molecule has 0 radical (unpaired) electrons. The van der Waals surface area contributed by atoms with Crippen LogP contribution in [0.2, 0.25) is 0 Å². The zero-order chi connectivity index (χ0) is 26.9. The molecular formula is C27H43BN4O4S. The molecular weight excluding hydrogens is 487 g/mol. The van der Waals surface area contributed by atoms with Gasteiger partial charge in [-0.25, -0.2) is 0 Å². The Kier molecular flexibility index (Phi) is 11.4. The van der Waals surface area contributed by atoms with Gasteiger partial charge in [0, 0.05) is 6.54 Å². The fourth-order valence-electron chi connectivity index (χ4n) is 5.56. The molecule has 204 valence electrons. The molecule has 2 fully saturated rings. The highest BCUT2D eigenvalue weighted by molar-refractivity contribution is 7.80. The molecule has 1 saturated heterocycles. The number of hydrogen-bond acceptors (Lipinski definition) is 6. The van der Waals surface area contributed by atoms with Crippen molar-refractivity contribution < 1.29 is 19.6 Å². The van der Waals surface area contributed by atoms with Crippen LogP contribution < -0.4 is 16.4 Å². The topological polar surface area (TPSA) is 128 Å². The molecule has 37 heavy (non-hydrogen) atoms. The van der Waals surface area contributed by atoms with Gasteiger partial charge in [-0.15, -0.1) is 0 Å². The molecule has 1 saturated carbocycles. The summed E-state index contributed by atoms with van der Waals surface area (Å²) in [6, 6.07) is 7.97. The van der Waals surface area contributed by atoms with E-state index in [4.69, 9.17) is 18.0 Å². The van der Waals surface area contributed by atoms with Crippen LogP contribution in [0.1, 0.15) is 70.8 Å². The van der Waals surface area contributed by atoms with Crippen molar-refractivity contribution in [3.05, 3.63) is 35.9 Å². The minimum Gasteiger partial charge on any atom is -0.426 e. The zero-order valence-electron chi connectivity index (χ0n) is 22.1. The Morgan fingerprint density at radius 3 is 2.38 bits per heavy atom. The average Bonchev–Trinajstić information content (AvgIpc) is 3.38. The van der Waals surface area contributed by atoms with Gasteiger partial charge in [0.1, 0.15) is 6.04 Å². The van der Waals surface area contributed by atoms with E-state index in [1.54, 1.807) is 4.90 Å². The van der Waals surface area contributed by atoms with E-state index in [0.29, 0.717) is 30.8 Å². The highest BCUT2D eigenvalue weighted by Gasteiger charge is 2.39. The second-order valence-electron chi connectivity index (χ2n) is 11.0. The van der Waals surface area contributed by atoms with Gasteiger partial charge in [-0.2, -0.15) is 0 Å². The Hall–Kier alpha value is -2.01. The number of likely N-dealkylation sites (tertiary alicyclic amines) is 1. The van der Waals surface area contributed by atoms with Crippen molar-refractivity contribution in [2.24, 2.45) is 17.6 Å². The lowest BCUT2D eigenvalue weighted by molar-refractivity contribution is -0.140. The van der Waals surface area contributed by atoms with Gasteiger partial charge in [0.25, 0.3) is 0 Å². The number of nitrogens with two attached hydrogens (primary N) is 1. The Bertz CT molecular complexity index is 898. The van der Waals surface area contributed by atoms with Crippen LogP contribution in [0, 0.1) is 11.8 Å². The van der Waals surface area contributed by atoms with E-state index in [2.05, 4.69) is 10.6 Å². The third-order valence-corrected chi connectivity index (χ3v) is 8.01. The fourth-order valence-corrected chi connectivity index (χ4v) is 5.86. The highest BCUT2D eigenvalue weighted by Crippen LogP contribution is 2.28. The molecule has 8 nitrogen and oxygen atoms in total. The van der Waals surface area contributed by atoms with Gasteiger partial charge in [-0.1, -0.05) is 75.7 Å². The maximum atomic E-state index is 13.5. The Morgan fingerprint density at radius 1 is 1.08 bits per heavy atom. The van der Waals surface area contributed by atoms with E-state index in [0.717, 1.165) is 37.7 Å². The van der Waals surface area contributed by atoms with Gasteiger partial charge < -0.3 is 31.3 Å². The van der Waals surface area contributed by atoms with E-state index in [9.17, 15) is 19.6 Å². The van der Waals surface area contributed by atoms with Gasteiger partial charge in [-0.3, -0.25) is 9.59 Å². The van der Waals surface area contributed by atoms with Crippen LogP contribution in [0.5, 0.6) is 0 Å². The molecule has 2 aliphatic rings. The van der Waals surface area contributed by atoms with Crippen LogP contribution >= 0.6 is 12.2 Å². The third-order valence-electron chi connectivity index (χ3n) is 7.61. The normalized spacial score (nSPS) is 20.8. The first-order valence-corrected chi connectivity index (χ1v) is 14.1. The summed E-state index contributed by atoms with van der Waals surface area (Å²) in [4.78, 5) is 28.8. The molecule has 0 bridgehead atoms. The number of carbonyl (C=O) groups is 2. The number of carbonyl (C=O) groups excluding carboxylic acids is 2. The lowest BCUT2D eigenvalue weighted by Crippen LogP contribution is -2.58. The summed E-state index contributed by atoms with van der Waals surface area (Å²) >= 11 is 5.68. The van der Waals surface area contributed by atoms with E-state index in [1.807, 2.05) is 44.2 Å². The fraction of sp³-hybridized carbons (Fsp3) is 0.667. The average molecular weight is 531 g/mol. The van der Waals surface area contributed by atoms with Gasteiger partial charge in [0.2, 0.25) is 11.8 Å². The molecule has 4 atom stereocenters. The summed E-state index contributed by atoms with van der Waals surface area (Å²) in [6.45, 7) is 4.51. The van der Waals surface area contributed by atoms with Gasteiger partial charge in [0.15, 0.2) is 0 Å². The van der Waals surface area contributed by atoms with Crippen LogP contribution in [0.15, 0.2) is 30.3 Å². The van der Waals surface area contributed by atoms with E-state index < -0.39 is 31.2 Å². The summed E-state index contributed by atoms with van der Waals surface area (Å²) in [6.07, 6.45) is 7.59. The number of hydrogen-bond donors (Lipinski definition) is 5. The molecule has 3 rings (SSSR count). The van der Waals surface area contributed by atoms with Crippen molar-refractivity contribution in [2.75, 3.05) is 6.54 Å². The maximum absolute atomic E-state index is 13.5. The minimum atomic E-state index is -1.59. The summed E-state index contributed by atoms with van der Waals surface area (Å²) in [5.41, 5.74) is 7.39. The predicted molar refractivity (Wildman–Crippen MR) is 151 cm³/mol. The van der Waals surface area contributed by atoms with Crippen molar-refractivity contribution >= 4 is 36.1 Å². The summed E-state index contributed by atoms with van der Waals surface area (Å²) in [7, 11) is -1.59. The number of thiocarbonyl (C=S) groups is 1. The van der Waals surface area contributed by atoms with Crippen molar-refractivity contribution in [3.63, 3.8) is 0 Å². The lowest BCUT2D eigenvalue weighted by Gasteiger charge is -2.33. The quantitative estimate of drug-likeness (QED) is 0.219.